The molecule has 250 valence electrons. The average molecular weight is 844 g/mol. The van der Waals surface area contributed by atoms with Crippen molar-refractivity contribution in [3.05, 3.63) is 157 Å². The fourth-order valence-corrected chi connectivity index (χ4v) is 6.60. The van der Waals surface area contributed by atoms with E-state index in [0.29, 0.717) is 28.7 Å². The molecule has 0 aliphatic carbocycles. The molecule has 0 amide bonds. The SMILES string of the molecule is CC(C)(C)c1ccnc(-n2c3[c-]c(N4c5[c-]c(-c6ccccn6)ccc5Oc5ccccc5Oc5ccccc54)ccc3c3ccccc32)c1.[Pt+2]. The van der Waals surface area contributed by atoms with Gasteiger partial charge in [-0.1, -0.05) is 86.6 Å². The second kappa shape index (κ2) is 12.9. The molecule has 9 rings (SSSR count). The minimum Gasteiger partial charge on any atom is -0.496 e. The molecule has 5 aromatic carbocycles. The molecule has 0 fully saturated rings. The van der Waals surface area contributed by atoms with Gasteiger partial charge in [-0.3, -0.25) is 0 Å². The summed E-state index contributed by atoms with van der Waals surface area (Å²) in [6, 6.07) is 50.1. The Morgan fingerprint density at radius 3 is 2.12 bits per heavy atom. The van der Waals surface area contributed by atoms with Gasteiger partial charge in [0.1, 0.15) is 5.82 Å². The monoisotopic (exact) mass is 843 g/mol. The Morgan fingerprint density at radius 2 is 1.33 bits per heavy atom. The molecular formula is C44H32N4O2Pt. The molecule has 6 nitrogen and oxygen atoms in total. The molecule has 1 aliphatic rings. The Morgan fingerprint density at radius 1 is 0.608 bits per heavy atom. The molecule has 51 heavy (non-hydrogen) atoms. The summed E-state index contributed by atoms with van der Waals surface area (Å²) < 4.78 is 15.5. The molecule has 0 bridgehead atoms. The van der Waals surface area contributed by atoms with Crippen LogP contribution in [0.3, 0.4) is 0 Å². The summed E-state index contributed by atoms with van der Waals surface area (Å²) in [6.45, 7) is 6.67. The second-order valence-corrected chi connectivity index (χ2v) is 13.4. The predicted octanol–water partition coefficient (Wildman–Crippen LogP) is 11.5. The van der Waals surface area contributed by atoms with Gasteiger partial charge in [-0.25, -0.2) is 4.98 Å². The van der Waals surface area contributed by atoms with Crippen molar-refractivity contribution in [1.29, 1.82) is 0 Å². The molecular weight excluding hydrogens is 812 g/mol. The van der Waals surface area contributed by atoms with Gasteiger partial charge in [-0.05, 0) is 70.6 Å². The quantitative estimate of drug-likeness (QED) is 0.166. The molecule has 8 aromatic rings. The van der Waals surface area contributed by atoms with E-state index in [1.54, 1.807) is 6.20 Å². The summed E-state index contributed by atoms with van der Waals surface area (Å²) in [5.41, 5.74) is 7.08. The molecule has 0 radical (unpaired) electrons. The van der Waals surface area contributed by atoms with Gasteiger partial charge in [-0.15, -0.1) is 41.3 Å². The summed E-state index contributed by atoms with van der Waals surface area (Å²) in [7, 11) is 0. The van der Waals surface area contributed by atoms with E-state index in [9.17, 15) is 0 Å². The van der Waals surface area contributed by atoms with Crippen LogP contribution in [0.15, 0.2) is 140 Å². The molecule has 0 unspecified atom stereocenters. The van der Waals surface area contributed by atoms with Crippen molar-refractivity contribution in [1.82, 2.24) is 14.5 Å². The average Bonchev–Trinajstić information content (AvgIpc) is 3.49. The Bertz CT molecular complexity index is 2560. The number of ether oxygens (including phenoxy) is 2. The van der Waals surface area contributed by atoms with E-state index in [1.807, 2.05) is 79.0 Å². The van der Waals surface area contributed by atoms with Gasteiger partial charge in [0.05, 0.1) is 11.4 Å². The molecule has 4 heterocycles. The van der Waals surface area contributed by atoms with E-state index >= 15 is 0 Å². The van der Waals surface area contributed by atoms with Crippen molar-refractivity contribution in [2.75, 3.05) is 4.90 Å². The Kier molecular flexibility index (Phi) is 8.20. The van der Waals surface area contributed by atoms with Gasteiger partial charge in [0.2, 0.25) is 0 Å². The van der Waals surface area contributed by atoms with Crippen molar-refractivity contribution in [2.24, 2.45) is 0 Å². The van der Waals surface area contributed by atoms with E-state index in [4.69, 9.17) is 14.5 Å². The first-order valence-electron chi connectivity index (χ1n) is 16.7. The zero-order valence-corrected chi connectivity index (χ0v) is 30.5. The van der Waals surface area contributed by atoms with E-state index in [0.717, 1.165) is 50.3 Å². The zero-order valence-electron chi connectivity index (χ0n) is 28.2. The number of aromatic nitrogens is 3. The summed E-state index contributed by atoms with van der Waals surface area (Å²) in [4.78, 5) is 11.6. The third kappa shape index (κ3) is 5.76. The maximum atomic E-state index is 6.66. The maximum Gasteiger partial charge on any atom is 2.00 e. The van der Waals surface area contributed by atoms with Crippen molar-refractivity contribution < 1.29 is 30.5 Å². The molecule has 1 aliphatic heterocycles. The van der Waals surface area contributed by atoms with Gasteiger partial charge in [-0.2, -0.15) is 6.07 Å². The largest absolute Gasteiger partial charge is 2.00 e. The Hall–Kier alpha value is -5.71. The summed E-state index contributed by atoms with van der Waals surface area (Å²) in [5.74, 6) is 3.35. The van der Waals surface area contributed by atoms with Crippen LogP contribution in [0.25, 0.3) is 38.9 Å². The second-order valence-electron chi connectivity index (χ2n) is 13.4. The van der Waals surface area contributed by atoms with Gasteiger partial charge in [0.15, 0.2) is 17.2 Å². The van der Waals surface area contributed by atoms with E-state index in [1.165, 1.54) is 5.56 Å². The number of benzene rings is 5. The van der Waals surface area contributed by atoms with Crippen LogP contribution in [-0.4, -0.2) is 14.5 Å². The number of pyridine rings is 2. The van der Waals surface area contributed by atoms with E-state index in [-0.39, 0.29) is 26.5 Å². The predicted molar refractivity (Wildman–Crippen MR) is 199 cm³/mol. The van der Waals surface area contributed by atoms with Gasteiger partial charge in [0, 0.05) is 23.6 Å². The summed E-state index contributed by atoms with van der Waals surface area (Å²) in [5, 5.41) is 2.21. The van der Waals surface area contributed by atoms with Crippen LogP contribution in [0.5, 0.6) is 23.0 Å². The topological polar surface area (TPSA) is 52.4 Å². The van der Waals surface area contributed by atoms with Crippen LogP contribution in [0, 0.1) is 12.1 Å². The number of rotatable bonds is 3. The third-order valence-electron chi connectivity index (χ3n) is 9.10. The Labute approximate surface area is 311 Å². The first kappa shape index (κ1) is 32.5. The summed E-state index contributed by atoms with van der Waals surface area (Å²) >= 11 is 0. The number of para-hydroxylation sites is 5. The van der Waals surface area contributed by atoms with Gasteiger partial charge < -0.3 is 23.9 Å². The fraction of sp³-hybridized carbons (Fsp3) is 0.0909. The van der Waals surface area contributed by atoms with Crippen LogP contribution < -0.4 is 14.4 Å². The van der Waals surface area contributed by atoms with Crippen LogP contribution in [0.4, 0.5) is 17.1 Å². The fourth-order valence-electron chi connectivity index (χ4n) is 6.60. The number of anilines is 3. The first-order valence-corrected chi connectivity index (χ1v) is 16.7. The van der Waals surface area contributed by atoms with Gasteiger partial charge in [0.25, 0.3) is 0 Å². The smallest absolute Gasteiger partial charge is 0.496 e. The minimum atomic E-state index is -0.0411. The number of hydrogen-bond acceptors (Lipinski definition) is 5. The van der Waals surface area contributed by atoms with Crippen LogP contribution in [-0.2, 0) is 26.5 Å². The van der Waals surface area contributed by atoms with Gasteiger partial charge >= 0.3 is 21.1 Å². The standard InChI is InChI=1S/C44H32N4O2.Pt/c1-44(2,3)30-23-25-46-43(27-30)48-35-14-5-4-12-32(35)33-21-20-31(28-37(33)48)47-36-15-6-7-16-39(36)49-41-17-8-9-18-42(41)50-40-22-19-29(26-38(40)47)34-13-10-11-24-45-34;/h4-25,27H,1-3H3;/q-2;+2. The van der Waals surface area contributed by atoms with E-state index in [2.05, 4.69) is 102 Å². The van der Waals surface area contributed by atoms with Crippen LogP contribution in [0.2, 0.25) is 0 Å². The third-order valence-corrected chi connectivity index (χ3v) is 9.10. The molecule has 7 heteroatoms. The van der Waals surface area contributed by atoms with Crippen molar-refractivity contribution in [3.8, 4) is 40.1 Å². The summed E-state index contributed by atoms with van der Waals surface area (Å²) in [6.07, 6.45) is 3.69. The zero-order chi connectivity index (χ0) is 33.8. The molecule has 0 N–H and O–H groups in total. The molecule has 0 saturated heterocycles. The Balaban J connectivity index is 0.00000374. The van der Waals surface area contributed by atoms with Crippen molar-refractivity contribution in [3.63, 3.8) is 0 Å². The first-order chi connectivity index (χ1) is 24.4. The number of fused-ring (bicyclic) bond motifs is 6. The molecule has 0 saturated carbocycles. The van der Waals surface area contributed by atoms with E-state index < -0.39 is 0 Å². The van der Waals surface area contributed by atoms with Crippen molar-refractivity contribution >= 4 is 38.9 Å². The van der Waals surface area contributed by atoms with Crippen LogP contribution in [0.1, 0.15) is 26.3 Å². The van der Waals surface area contributed by atoms with Crippen LogP contribution >= 0.6 is 0 Å². The molecule has 0 atom stereocenters. The molecule has 3 aromatic heterocycles. The number of nitrogens with zero attached hydrogens (tertiary/aromatic N) is 4. The normalized spacial score (nSPS) is 12.3. The van der Waals surface area contributed by atoms with Crippen molar-refractivity contribution in [2.45, 2.75) is 26.2 Å². The minimum absolute atomic E-state index is 0. The maximum absolute atomic E-state index is 6.66. The molecule has 0 spiro atoms. The number of hydrogen-bond donors (Lipinski definition) is 0.